The van der Waals surface area contributed by atoms with E-state index < -0.39 is 0 Å². The molecule has 0 aliphatic carbocycles. The van der Waals surface area contributed by atoms with Crippen LogP contribution in [0, 0.1) is 5.92 Å². The van der Waals surface area contributed by atoms with Crippen LogP contribution < -0.4 is 0 Å². The first-order valence-electron chi connectivity index (χ1n) is 3.55. The standard InChI is InChI=1S/C7H11IO2/c8-7(9)4-6-2-1-3-10-5-6/h6H,1-5H2. The number of ether oxygens (including phenoxy) is 1. The zero-order valence-corrected chi connectivity index (χ0v) is 7.96. The number of halogens is 1. The molecule has 58 valence electrons. The molecule has 1 atom stereocenters. The molecule has 10 heavy (non-hydrogen) atoms. The van der Waals surface area contributed by atoms with Gasteiger partial charge >= 0.3 is 0 Å². The van der Waals surface area contributed by atoms with Crippen molar-refractivity contribution in [2.45, 2.75) is 19.3 Å². The van der Waals surface area contributed by atoms with Gasteiger partial charge in [0.25, 0.3) is 0 Å². The molecule has 0 spiro atoms. The fourth-order valence-electron chi connectivity index (χ4n) is 1.20. The highest BCUT2D eigenvalue weighted by molar-refractivity contribution is 14.1. The molecule has 0 amide bonds. The van der Waals surface area contributed by atoms with Gasteiger partial charge in [0.2, 0.25) is 0 Å². The van der Waals surface area contributed by atoms with E-state index in [-0.39, 0.29) is 3.79 Å². The van der Waals surface area contributed by atoms with Crippen molar-refractivity contribution in [3.63, 3.8) is 0 Å². The minimum atomic E-state index is 0.258. The SMILES string of the molecule is O=C(I)CC1CCCOC1. The van der Waals surface area contributed by atoms with Gasteiger partial charge in [-0.1, -0.05) is 0 Å². The minimum Gasteiger partial charge on any atom is -0.381 e. The summed E-state index contributed by atoms with van der Waals surface area (Å²) < 4.78 is 5.48. The summed E-state index contributed by atoms with van der Waals surface area (Å²) in [6.07, 6.45) is 2.98. The van der Waals surface area contributed by atoms with E-state index in [4.69, 9.17) is 4.74 Å². The van der Waals surface area contributed by atoms with E-state index >= 15 is 0 Å². The molecular weight excluding hydrogens is 243 g/mol. The lowest BCUT2D eigenvalue weighted by Gasteiger charge is -2.20. The van der Waals surface area contributed by atoms with E-state index in [1.54, 1.807) is 0 Å². The predicted octanol–water partition coefficient (Wildman–Crippen LogP) is 1.76. The Morgan fingerprint density at radius 1 is 1.70 bits per heavy atom. The summed E-state index contributed by atoms with van der Waals surface area (Å²) in [6, 6.07) is 0. The first-order valence-corrected chi connectivity index (χ1v) is 4.63. The van der Waals surface area contributed by atoms with Gasteiger partial charge in [0.15, 0.2) is 3.79 Å². The van der Waals surface area contributed by atoms with Crippen LogP contribution in [-0.4, -0.2) is 17.0 Å². The zero-order chi connectivity index (χ0) is 7.40. The summed E-state index contributed by atoms with van der Waals surface area (Å²) in [6.45, 7) is 1.67. The molecule has 0 aromatic carbocycles. The maximum absolute atomic E-state index is 10.6. The largest absolute Gasteiger partial charge is 0.381 e. The molecule has 0 saturated carbocycles. The van der Waals surface area contributed by atoms with Gasteiger partial charge in [0.05, 0.1) is 0 Å². The molecule has 0 N–H and O–H groups in total. The number of carbonyl (C=O) groups is 1. The first-order chi connectivity index (χ1) is 4.79. The number of rotatable bonds is 2. The van der Waals surface area contributed by atoms with Crippen molar-refractivity contribution >= 4 is 26.4 Å². The van der Waals surface area contributed by atoms with Gasteiger partial charge in [0.1, 0.15) is 0 Å². The first kappa shape index (κ1) is 8.46. The quantitative estimate of drug-likeness (QED) is 0.554. The molecule has 1 fully saturated rings. The number of carbonyl (C=O) groups excluding carboxylic acids is 1. The fourth-order valence-corrected chi connectivity index (χ4v) is 1.82. The minimum absolute atomic E-state index is 0.258. The Labute approximate surface area is 74.5 Å². The maximum atomic E-state index is 10.6. The Morgan fingerprint density at radius 2 is 2.50 bits per heavy atom. The Kier molecular flexibility index (Phi) is 3.62. The van der Waals surface area contributed by atoms with Crippen LogP contribution in [0.3, 0.4) is 0 Å². The smallest absolute Gasteiger partial charge is 0.192 e. The van der Waals surface area contributed by atoms with Crippen molar-refractivity contribution in [3.05, 3.63) is 0 Å². The molecule has 1 aliphatic rings. The molecule has 0 aromatic rings. The average molecular weight is 254 g/mol. The third kappa shape index (κ3) is 2.96. The van der Waals surface area contributed by atoms with Crippen molar-refractivity contribution in [3.8, 4) is 0 Å². The van der Waals surface area contributed by atoms with E-state index in [0.717, 1.165) is 26.1 Å². The number of hydrogen-bond acceptors (Lipinski definition) is 2. The molecule has 0 bridgehead atoms. The van der Waals surface area contributed by atoms with Crippen LogP contribution in [0.2, 0.25) is 0 Å². The van der Waals surface area contributed by atoms with E-state index in [0.29, 0.717) is 12.3 Å². The Bertz CT molecular complexity index is 119. The predicted molar refractivity (Wildman–Crippen MR) is 47.2 cm³/mol. The average Bonchev–Trinajstić information content (AvgIpc) is 1.88. The van der Waals surface area contributed by atoms with Gasteiger partial charge in [-0.05, 0) is 41.4 Å². The van der Waals surface area contributed by atoms with E-state index in [2.05, 4.69) is 0 Å². The monoisotopic (exact) mass is 254 g/mol. The summed E-state index contributed by atoms with van der Waals surface area (Å²) in [4.78, 5) is 10.6. The molecule has 0 aromatic heterocycles. The zero-order valence-electron chi connectivity index (χ0n) is 5.81. The van der Waals surface area contributed by atoms with Crippen LogP contribution in [0.15, 0.2) is 0 Å². The summed E-state index contributed by atoms with van der Waals surface area (Å²) in [5.74, 6) is 0.498. The molecule has 2 nitrogen and oxygen atoms in total. The normalized spacial score (nSPS) is 26.3. The second-order valence-electron chi connectivity index (χ2n) is 2.64. The van der Waals surface area contributed by atoms with E-state index in [9.17, 15) is 4.79 Å². The van der Waals surface area contributed by atoms with Gasteiger partial charge in [0, 0.05) is 19.6 Å². The van der Waals surface area contributed by atoms with Crippen molar-refractivity contribution in [2.24, 2.45) is 5.92 Å². The van der Waals surface area contributed by atoms with Crippen molar-refractivity contribution in [1.29, 1.82) is 0 Å². The van der Waals surface area contributed by atoms with Gasteiger partial charge in [-0.25, -0.2) is 0 Å². The molecule has 1 saturated heterocycles. The fraction of sp³-hybridized carbons (Fsp3) is 0.857. The third-order valence-corrected chi connectivity index (χ3v) is 2.14. The van der Waals surface area contributed by atoms with Crippen molar-refractivity contribution in [1.82, 2.24) is 0 Å². The molecule has 1 rings (SSSR count). The maximum Gasteiger partial charge on any atom is 0.192 e. The number of hydrogen-bond donors (Lipinski definition) is 0. The van der Waals surface area contributed by atoms with Crippen LogP contribution in [0.25, 0.3) is 0 Å². The van der Waals surface area contributed by atoms with E-state index in [1.165, 1.54) is 0 Å². The Hall–Kier alpha value is 0.360. The summed E-state index contributed by atoms with van der Waals surface area (Å²) >= 11 is 1.85. The van der Waals surface area contributed by atoms with Crippen LogP contribution in [0.1, 0.15) is 19.3 Å². The molecule has 1 heterocycles. The van der Waals surface area contributed by atoms with E-state index in [1.807, 2.05) is 22.6 Å². The lowest BCUT2D eigenvalue weighted by atomic mass is 10.00. The lowest BCUT2D eigenvalue weighted by Crippen LogP contribution is -2.18. The van der Waals surface area contributed by atoms with Gasteiger partial charge in [-0.2, -0.15) is 0 Å². The molecule has 0 radical (unpaired) electrons. The third-order valence-electron chi connectivity index (χ3n) is 1.70. The van der Waals surface area contributed by atoms with Crippen LogP contribution in [0.5, 0.6) is 0 Å². The molecule has 1 aliphatic heterocycles. The summed E-state index contributed by atoms with van der Waals surface area (Å²) in [7, 11) is 0. The Morgan fingerprint density at radius 3 is 3.00 bits per heavy atom. The highest BCUT2D eigenvalue weighted by atomic mass is 127. The highest BCUT2D eigenvalue weighted by Crippen LogP contribution is 2.18. The molecule has 3 heteroatoms. The van der Waals surface area contributed by atoms with Gasteiger partial charge < -0.3 is 4.74 Å². The van der Waals surface area contributed by atoms with Gasteiger partial charge in [-0.3, -0.25) is 4.79 Å². The summed E-state index contributed by atoms with van der Waals surface area (Å²) in [5, 5.41) is 0. The molecule has 1 unspecified atom stereocenters. The van der Waals surface area contributed by atoms with Crippen molar-refractivity contribution in [2.75, 3.05) is 13.2 Å². The Balaban J connectivity index is 2.19. The second kappa shape index (κ2) is 4.28. The highest BCUT2D eigenvalue weighted by Gasteiger charge is 2.15. The summed E-state index contributed by atoms with van der Waals surface area (Å²) in [5.41, 5.74) is 0. The van der Waals surface area contributed by atoms with Crippen LogP contribution >= 0.6 is 22.6 Å². The van der Waals surface area contributed by atoms with Gasteiger partial charge in [-0.15, -0.1) is 0 Å². The van der Waals surface area contributed by atoms with Crippen LogP contribution in [0.4, 0.5) is 0 Å². The lowest BCUT2D eigenvalue weighted by molar-refractivity contribution is -0.111. The topological polar surface area (TPSA) is 26.3 Å². The van der Waals surface area contributed by atoms with Crippen LogP contribution in [-0.2, 0) is 9.53 Å². The second-order valence-corrected chi connectivity index (χ2v) is 3.85. The molecular formula is C7H11IO2. The van der Waals surface area contributed by atoms with Crippen molar-refractivity contribution < 1.29 is 9.53 Å².